The van der Waals surface area contributed by atoms with Crippen LogP contribution in [0.25, 0.3) is 0 Å². The molecule has 2 heteroatoms. The van der Waals surface area contributed by atoms with E-state index in [9.17, 15) is 0 Å². The maximum atomic E-state index is 8.64. The minimum absolute atomic E-state index is 0.249. The fourth-order valence-electron chi connectivity index (χ4n) is 1.17. The van der Waals surface area contributed by atoms with Gasteiger partial charge in [0.15, 0.2) is 0 Å². The van der Waals surface area contributed by atoms with Crippen LogP contribution >= 0.6 is 0 Å². The SMILES string of the molecule is C#CCN(CCCO)CC(C)C. The predicted molar refractivity (Wildman–Crippen MR) is 51.8 cm³/mol. The second-order valence-electron chi connectivity index (χ2n) is 3.41. The minimum Gasteiger partial charge on any atom is -0.396 e. The third-order valence-electron chi connectivity index (χ3n) is 1.57. The lowest BCUT2D eigenvalue weighted by Gasteiger charge is -2.21. The van der Waals surface area contributed by atoms with Gasteiger partial charge in [0.1, 0.15) is 0 Å². The van der Waals surface area contributed by atoms with Crippen molar-refractivity contribution in [2.45, 2.75) is 20.3 Å². The molecule has 0 heterocycles. The van der Waals surface area contributed by atoms with Gasteiger partial charge in [0.25, 0.3) is 0 Å². The van der Waals surface area contributed by atoms with Crippen LogP contribution in [0.3, 0.4) is 0 Å². The van der Waals surface area contributed by atoms with Crippen molar-refractivity contribution in [2.24, 2.45) is 5.92 Å². The Morgan fingerprint density at radius 3 is 2.58 bits per heavy atom. The van der Waals surface area contributed by atoms with Crippen molar-refractivity contribution >= 4 is 0 Å². The van der Waals surface area contributed by atoms with Crippen molar-refractivity contribution < 1.29 is 5.11 Å². The van der Waals surface area contributed by atoms with Crippen molar-refractivity contribution in [3.05, 3.63) is 0 Å². The zero-order chi connectivity index (χ0) is 9.40. The van der Waals surface area contributed by atoms with Crippen molar-refractivity contribution in [2.75, 3.05) is 26.2 Å². The summed E-state index contributed by atoms with van der Waals surface area (Å²) in [6.07, 6.45) is 6.04. The van der Waals surface area contributed by atoms with E-state index in [-0.39, 0.29) is 6.61 Å². The van der Waals surface area contributed by atoms with Gasteiger partial charge in [-0.25, -0.2) is 0 Å². The first-order valence-electron chi connectivity index (χ1n) is 4.47. The number of rotatable bonds is 6. The van der Waals surface area contributed by atoms with E-state index in [2.05, 4.69) is 24.7 Å². The molecule has 0 spiro atoms. The molecule has 0 bridgehead atoms. The summed E-state index contributed by atoms with van der Waals surface area (Å²) >= 11 is 0. The summed E-state index contributed by atoms with van der Waals surface area (Å²) in [4.78, 5) is 2.20. The average molecular weight is 169 g/mol. The number of hydrogen-bond donors (Lipinski definition) is 1. The fraction of sp³-hybridized carbons (Fsp3) is 0.800. The summed E-state index contributed by atoms with van der Waals surface area (Å²) in [6, 6.07) is 0. The molecule has 0 amide bonds. The van der Waals surface area contributed by atoms with Gasteiger partial charge in [-0.2, -0.15) is 0 Å². The maximum absolute atomic E-state index is 8.64. The largest absolute Gasteiger partial charge is 0.396 e. The molecule has 2 nitrogen and oxygen atoms in total. The molecule has 0 aliphatic heterocycles. The van der Waals surface area contributed by atoms with Crippen LogP contribution < -0.4 is 0 Å². The highest BCUT2D eigenvalue weighted by Crippen LogP contribution is 1.98. The monoisotopic (exact) mass is 169 g/mol. The number of aliphatic hydroxyl groups is 1. The molecular formula is C10H19NO. The summed E-state index contributed by atoms with van der Waals surface area (Å²) in [5.74, 6) is 3.26. The van der Waals surface area contributed by atoms with Crippen LogP contribution in [0.2, 0.25) is 0 Å². The Hall–Kier alpha value is -0.520. The van der Waals surface area contributed by atoms with Crippen molar-refractivity contribution in [3.63, 3.8) is 0 Å². The molecule has 0 fully saturated rings. The zero-order valence-corrected chi connectivity index (χ0v) is 8.08. The summed E-state index contributed by atoms with van der Waals surface area (Å²) < 4.78 is 0. The summed E-state index contributed by atoms with van der Waals surface area (Å²) in [6.45, 7) is 7.20. The molecule has 0 atom stereocenters. The zero-order valence-electron chi connectivity index (χ0n) is 8.08. The highest BCUT2D eigenvalue weighted by atomic mass is 16.3. The van der Waals surface area contributed by atoms with Gasteiger partial charge in [-0.1, -0.05) is 19.8 Å². The van der Waals surface area contributed by atoms with Gasteiger partial charge in [-0.15, -0.1) is 6.42 Å². The number of nitrogens with zero attached hydrogens (tertiary/aromatic N) is 1. The molecule has 0 aromatic rings. The summed E-state index contributed by atoms with van der Waals surface area (Å²) in [7, 11) is 0. The van der Waals surface area contributed by atoms with E-state index < -0.39 is 0 Å². The highest BCUT2D eigenvalue weighted by Gasteiger charge is 2.04. The number of terminal acetylenes is 1. The van der Waals surface area contributed by atoms with E-state index >= 15 is 0 Å². The lowest BCUT2D eigenvalue weighted by atomic mass is 10.2. The molecule has 1 N–H and O–H groups in total. The molecule has 0 rings (SSSR count). The highest BCUT2D eigenvalue weighted by molar-refractivity contribution is 4.88. The van der Waals surface area contributed by atoms with Crippen molar-refractivity contribution in [1.82, 2.24) is 4.90 Å². The van der Waals surface area contributed by atoms with E-state index in [1.165, 1.54) is 0 Å². The van der Waals surface area contributed by atoms with Crippen LogP contribution in [-0.4, -0.2) is 36.2 Å². The Balaban J connectivity index is 3.63. The van der Waals surface area contributed by atoms with Crippen LogP contribution in [-0.2, 0) is 0 Å². The van der Waals surface area contributed by atoms with Gasteiger partial charge in [0.2, 0.25) is 0 Å². The predicted octanol–water partition coefficient (Wildman–Crippen LogP) is 0.960. The van der Waals surface area contributed by atoms with Gasteiger partial charge in [-0.3, -0.25) is 4.90 Å². The van der Waals surface area contributed by atoms with E-state index in [0.29, 0.717) is 12.5 Å². The first-order chi connectivity index (χ1) is 5.70. The van der Waals surface area contributed by atoms with Gasteiger partial charge in [0.05, 0.1) is 6.54 Å². The summed E-state index contributed by atoms with van der Waals surface area (Å²) in [5.41, 5.74) is 0. The Bertz CT molecular complexity index is 137. The topological polar surface area (TPSA) is 23.5 Å². The van der Waals surface area contributed by atoms with Crippen LogP contribution in [0.15, 0.2) is 0 Å². The second kappa shape index (κ2) is 7.15. The van der Waals surface area contributed by atoms with Crippen LogP contribution in [0, 0.1) is 18.3 Å². The molecule has 0 aromatic carbocycles. The summed E-state index contributed by atoms with van der Waals surface area (Å²) in [5, 5.41) is 8.64. The average Bonchev–Trinajstić information content (AvgIpc) is 2.00. The minimum atomic E-state index is 0.249. The molecule has 0 saturated carbocycles. The molecule has 70 valence electrons. The smallest absolute Gasteiger partial charge is 0.0599 e. The molecule has 0 aromatic heterocycles. The molecular weight excluding hydrogens is 150 g/mol. The molecule has 0 radical (unpaired) electrons. The molecule has 0 saturated heterocycles. The molecule has 0 aliphatic rings. The fourth-order valence-corrected chi connectivity index (χ4v) is 1.17. The van der Waals surface area contributed by atoms with Gasteiger partial charge in [-0.05, 0) is 12.3 Å². The van der Waals surface area contributed by atoms with Crippen molar-refractivity contribution in [3.8, 4) is 12.3 Å². The standard InChI is InChI=1S/C10H19NO/c1-4-6-11(7-5-8-12)9-10(2)3/h1,10,12H,5-9H2,2-3H3. The van der Waals surface area contributed by atoms with Gasteiger partial charge >= 0.3 is 0 Å². The Labute approximate surface area is 75.6 Å². The first-order valence-corrected chi connectivity index (χ1v) is 4.47. The number of hydrogen-bond acceptors (Lipinski definition) is 2. The van der Waals surface area contributed by atoms with E-state index in [0.717, 1.165) is 19.5 Å². The third-order valence-corrected chi connectivity index (χ3v) is 1.57. The van der Waals surface area contributed by atoms with E-state index in [4.69, 9.17) is 11.5 Å². The van der Waals surface area contributed by atoms with Crippen molar-refractivity contribution in [1.29, 1.82) is 0 Å². The first kappa shape index (κ1) is 11.5. The van der Waals surface area contributed by atoms with E-state index in [1.807, 2.05) is 0 Å². The lowest BCUT2D eigenvalue weighted by molar-refractivity contribution is 0.224. The van der Waals surface area contributed by atoms with Crippen LogP contribution in [0.4, 0.5) is 0 Å². The quantitative estimate of drug-likeness (QED) is 0.599. The third kappa shape index (κ3) is 6.21. The van der Waals surface area contributed by atoms with Crippen LogP contribution in [0.5, 0.6) is 0 Å². The molecule has 12 heavy (non-hydrogen) atoms. The van der Waals surface area contributed by atoms with E-state index in [1.54, 1.807) is 0 Å². The second-order valence-corrected chi connectivity index (χ2v) is 3.41. The Kier molecular flexibility index (Phi) is 6.84. The van der Waals surface area contributed by atoms with Crippen LogP contribution in [0.1, 0.15) is 20.3 Å². The molecule has 0 aliphatic carbocycles. The number of aliphatic hydroxyl groups excluding tert-OH is 1. The molecule has 0 unspecified atom stereocenters. The normalized spacial score (nSPS) is 10.7. The Morgan fingerprint density at radius 1 is 1.50 bits per heavy atom. The van der Waals surface area contributed by atoms with Gasteiger partial charge in [0, 0.05) is 19.7 Å². The maximum Gasteiger partial charge on any atom is 0.0599 e. The van der Waals surface area contributed by atoms with Gasteiger partial charge < -0.3 is 5.11 Å². The lowest BCUT2D eigenvalue weighted by Crippen LogP contribution is -2.29. The Morgan fingerprint density at radius 2 is 2.17 bits per heavy atom.